The third-order valence-electron chi connectivity index (χ3n) is 3.57. The smallest absolute Gasteiger partial charge is 0.192 e. The summed E-state index contributed by atoms with van der Waals surface area (Å²) in [6.45, 7) is 1.39. The molecule has 2 aromatic rings. The number of hydrogen-bond donors (Lipinski definition) is 2. The van der Waals surface area contributed by atoms with Crippen molar-refractivity contribution in [1.29, 1.82) is 0 Å². The number of aliphatic imine (C=N–C) groups is 1. The van der Waals surface area contributed by atoms with Gasteiger partial charge in [0, 0.05) is 6.54 Å². The summed E-state index contributed by atoms with van der Waals surface area (Å²) >= 11 is 0. The van der Waals surface area contributed by atoms with E-state index in [1.54, 1.807) is 12.1 Å². The van der Waals surface area contributed by atoms with E-state index < -0.39 is 0 Å². The molecule has 1 unspecified atom stereocenters. The zero-order valence-electron chi connectivity index (χ0n) is 11.1. The molecule has 2 aromatic carbocycles. The molecule has 4 nitrogen and oxygen atoms in total. The molecule has 0 fully saturated rings. The molecule has 4 heteroatoms. The van der Waals surface area contributed by atoms with Gasteiger partial charge in [0.05, 0.1) is 12.6 Å². The highest BCUT2D eigenvalue weighted by atomic mass is 16.3. The Morgan fingerprint density at radius 3 is 2.50 bits per heavy atom. The highest BCUT2D eigenvalue weighted by Crippen LogP contribution is 2.28. The van der Waals surface area contributed by atoms with Crippen LogP contribution in [-0.2, 0) is 6.54 Å². The summed E-state index contributed by atoms with van der Waals surface area (Å²) in [4.78, 5) is 6.45. The molecule has 1 atom stereocenters. The maximum absolute atomic E-state index is 9.39. The number of hydrogen-bond acceptors (Lipinski definition) is 4. The topological polar surface area (TPSA) is 61.9 Å². The van der Waals surface area contributed by atoms with E-state index in [9.17, 15) is 5.11 Å². The number of phenolic OH excluding ortho intramolecular Hbond substituents is 1. The van der Waals surface area contributed by atoms with E-state index in [4.69, 9.17) is 5.73 Å². The predicted octanol–water partition coefficient (Wildman–Crippen LogP) is 2.26. The molecule has 3 rings (SSSR count). The largest absolute Gasteiger partial charge is 0.508 e. The molecule has 0 radical (unpaired) electrons. The van der Waals surface area contributed by atoms with Crippen LogP contribution >= 0.6 is 0 Å². The molecular formula is C16H17N3O. The molecule has 1 aliphatic heterocycles. The SMILES string of the molecule is NC1=NCC(c2ccc(O)cc2)N1Cc1ccccc1. The van der Waals surface area contributed by atoms with Crippen LogP contribution in [0.5, 0.6) is 5.75 Å². The van der Waals surface area contributed by atoms with E-state index in [2.05, 4.69) is 22.0 Å². The zero-order chi connectivity index (χ0) is 13.9. The Labute approximate surface area is 118 Å². The van der Waals surface area contributed by atoms with E-state index in [1.807, 2.05) is 30.3 Å². The third-order valence-corrected chi connectivity index (χ3v) is 3.57. The summed E-state index contributed by atoms with van der Waals surface area (Å²) in [6, 6.07) is 17.6. The maximum Gasteiger partial charge on any atom is 0.192 e. The first-order valence-electron chi connectivity index (χ1n) is 6.63. The standard InChI is InChI=1S/C16H17N3O/c17-16-18-10-15(13-6-8-14(20)9-7-13)19(16)11-12-4-2-1-3-5-12/h1-9,15,20H,10-11H2,(H2,17,18). The van der Waals surface area contributed by atoms with Gasteiger partial charge in [-0.2, -0.15) is 0 Å². The van der Waals surface area contributed by atoms with Crippen LogP contribution in [0.3, 0.4) is 0 Å². The molecule has 0 aliphatic carbocycles. The zero-order valence-corrected chi connectivity index (χ0v) is 11.1. The van der Waals surface area contributed by atoms with E-state index in [1.165, 1.54) is 5.56 Å². The first-order valence-corrected chi connectivity index (χ1v) is 6.63. The lowest BCUT2D eigenvalue weighted by atomic mass is 10.1. The summed E-state index contributed by atoms with van der Waals surface area (Å²) in [5.74, 6) is 0.849. The lowest BCUT2D eigenvalue weighted by Gasteiger charge is -2.26. The highest BCUT2D eigenvalue weighted by molar-refractivity contribution is 5.80. The lowest BCUT2D eigenvalue weighted by Crippen LogP contribution is -2.35. The molecule has 102 valence electrons. The summed E-state index contributed by atoms with van der Waals surface area (Å²) < 4.78 is 0. The lowest BCUT2D eigenvalue weighted by molar-refractivity contribution is 0.340. The molecule has 0 amide bonds. The normalized spacial score (nSPS) is 18.1. The summed E-state index contributed by atoms with van der Waals surface area (Å²) in [5, 5.41) is 9.39. The van der Waals surface area contributed by atoms with Crippen molar-refractivity contribution >= 4 is 5.96 Å². The molecule has 0 aromatic heterocycles. The van der Waals surface area contributed by atoms with Gasteiger partial charge in [0.25, 0.3) is 0 Å². The highest BCUT2D eigenvalue weighted by Gasteiger charge is 2.27. The van der Waals surface area contributed by atoms with Crippen molar-refractivity contribution in [3.63, 3.8) is 0 Å². The minimum absolute atomic E-state index is 0.135. The van der Waals surface area contributed by atoms with Crippen LogP contribution < -0.4 is 5.73 Å². The number of nitrogens with zero attached hydrogens (tertiary/aromatic N) is 2. The summed E-state index contributed by atoms with van der Waals surface area (Å²) in [7, 11) is 0. The number of aromatic hydroxyl groups is 1. The van der Waals surface area contributed by atoms with Crippen LogP contribution in [0.4, 0.5) is 0 Å². The van der Waals surface area contributed by atoms with Gasteiger partial charge < -0.3 is 15.7 Å². The van der Waals surface area contributed by atoms with Crippen LogP contribution in [-0.4, -0.2) is 22.5 Å². The average molecular weight is 267 g/mol. The molecule has 0 bridgehead atoms. The second-order valence-corrected chi connectivity index (χ2v) is 4.92. The molecule has 1 aliphatic rings. The first kappa shape index (κ1) is 12.5. The van der Waals surface area contributed by atoms with E-state index in [0.717, 1.165) is 12.1 Å². The fourth-order valence-corrected chi connectivity index (χ4v) is 2.48. The molecule has 1 heterocycles. The Hall–Kier alpha value is -2.49. The van der Waals surface area contributed by atoms with Gasteiger partial charge >= 0.3 is 0 Å². The molecule has 3 N–H and O–H groups in total. The second-order valence-electron chi connectivity index (χ2n) is 4.92. The van der Waals surface area contributed by atoms with Gasteiger partial charge in [0.1, 0.15) is 5.75 Å². The van der Waals surface area contributed by atoms with Gasteiger partial charge in [0.2, 0.25) is 0 Å². The first-order chi connectivity index (χ1) is 9.74. The van der Waals surface area contributed by atoms with Crippen LogP contribution in [0.2, 0.25) is 0 Å². The number of guanidine groups is 1. The molecule has 0 saturated carbocycles. The maximum atomic E-state index is 9.39. The number of benzene rings is 2. The van der Waals surface area contributed by atoms with Gasteiger partial charge in [-0.25, -0.2) is 0 Å². The molecule has 20 heavy (non-hydrogen) atoms. The van der Waals surface area contributed by atoms with E-state index in [-0.39, 0.29) is 11.8 Å². The van der Waals surface area contributed by atoms with E-state index in [0.29, 0.717) is 12.5 Å². The Balaban J connectivity index is 1.83. The van der Waals surface area contributed by atoms with Gasteiger partial charge in [-0.05, 0) is 23.3 Å². The van der Waals surface area contributed by atoms with E-state index >= 15 is 0 Å². The van der Waals surface area contributed by atoms with Crippen LogP contribution in [0.15, 0.2) is 59.6 Å². The summed E-state index contributed by atoms with van der Waals surface area (Å²) in [5.41, 5.74) is 8.33. The Morgan fingerprint density at radius 2 is 1.80 bits per heavy atom. The number of phenols is 1. The van der Waals surface area contributed by atoms with Crippen molar-refractivity contribution < 1.29 is 5.11 Å². The van der Waals surface area contributed by atoms with Gasteiger partial charge in [-0.1, -0.05) is 42.5 Å². The van der Waals surface area contributed by atoms with Crippen LogP contribution in [0.25, 0.3) is 0 Å². The van der Waals surface area contributed by atoms with Crippen LogP contribution in [0, 0.1) is 0 Å². The third kappa shape index (κ3) is 2.45. The predicted molar refractivity (Wildman–Crippen MR) is 79.3 cm³/mol. The quantitative estimate of drug-likeness (QED) is 0.896. The Morgan fingerprint density at radius 1 is 1.10 bits per heavy atom. The Bertz CT molecular complexity index is 607. The molecule has 0 spiro atoms. The monoisotopic (exact) mass is 267 g/mol. The van der Waals surface area contributed by atoms with Crippen molar-refractivity contribution in [1.82, 2.24) is 4.90 Å². The van der Waals surface area contributed by atoms with Crippen LogP contribution in [0.1, 0.15) is 17.2 Å². The fraction of sp³-hybridized carbons (Fsp3) is 0.188. The van der Waals surface area contributed by atoms with Gasteiger partial charge in [-0.15, -0.1) is 0 Å². The summed E-state index contributed by atoms with van der Waals surface area (Å²) in [6.07, 6.45) is 0. The average Bonchev–Trinajstić information content (AvgIpc) is 2.83. The second kappa shape index (κ2) is 5.25. The molecular weight excluding hydrogens is 250 g/mol. The minimum Gasteiger partial charge on any atom is -0.508 e. The number of rotatable bonds is 3. The van der Waals surface area contributed by atoms with Gasteiger partial charge in [-0.3, -0.25) is 4.99 Å². The van der Waals surface area contributed by atoms with Crippen molar-refractivity contribution in [2.75, 3.05) is 6.54 Å². The fourth-order valence-electron chi connectivity index (χ4n) is 2.48. The van der Waals surface area contributed by atoms with Crippen molar-refractivity contribution in [3.05, 3.63) is 65.7 Å². The molecule has 0 saturated heterocycles. The van der Waals surface area contributed by atoms with Crippen molar-refractivity contribution in [3.8, 4) is 5.75 Å². The van der Waals surface area contributed by atoms with Crippen molar-refractivity contribution in [2.24, 2.45) is 10.7 Å². The Kier molecular flexibility index (Phi) is 3.29. The van der Waals surface area contributed by atoms with Crippen molar-refractivity contribution in [2.45, 2.75) is 12.6 Å². The minimum atomic E-state index is 0.135. The number of nitrogens with two attached hydrogens (primary N) is 1. The van der Waals surface area contributed by atoms with Gasteiger partial charge in [0.15, 0.2) is 5.96 Å².